The van der Waals surface area contributed by atoms with Gasteiger partial charge in [-0.15, -0.1) is 0 Å². The lowest BCUT2D eigenvalue weighted by atomic mass is 9.97. The Labute approximate surface area is 237 Å². The molecule has 40 heavy (non-hydrogen) atoms. The second-order valence-electron chi connectivity index (χ2n) is 10.9. The molecular weight excluding hydrogens is 526 g/mol. The van der Waals surface area contributed by atoms with E-state index in [1.54, 1.807) is 7.11 Å². The van der Waals surface area contributed by atoms with Gasteiger partial charge in [0.1, 0.15) is 23.3 Å². The first-order chi connectivity index (χ1) is 19.2. The van der Waals surface area contributed by atoms with E-state index in [0.29, 0.717) is 24.6 Å². The molecule has 0 spiro atoms. The summed E-state index contributed by atoms with van der Waals surface area (Å²) in [6.07, 6.45) is 3.74. The summed E-state index contributed by atoms with van der Waals surface area (Å²) < 4.78 is 35.4. The number of rotatable bonds is 8. The highest BCUT2D eigenvalue weighted by Gasteiger charge is 2.27. The van der Waals surface area contributed by atoms with Crippen LogP contribution in [0.15, 0.2) is 52.9 Å². The van der Waals surface area contributed by atoms with Crippen LogP contribution in [0, 0.1) is 13.8 Å². The van der Waals surface area contributed by atoms with E-state index in [1.165, 1.54) is 12.0 Å². The smallest absolute Gasteiger partial charge is 0.225 e. The van der Waals surface area contributed by atoms with Crippen LogP contribution in [0.3, 0.4) is 0 Å². The lowest BCUT2D eigenvalue weighted by molar-refractivity contribution is -0.121. The number of aryl methyl sites for hydroxylation is 2. The number of nitrogens with zero attached hydrogens (tertiary/aromatic N) is 2. The zero-order chi connectivity index (χ0) is 28.3. The van der Waals surface area contributed by atoms with Crippen molar-refractivity contribution in [3.8, 4) is 5.75 Å². The molecule has 214 valence electrons. The Morgan fingerprint density at radius 3 is 2.33 bits per heavy atom. The number of nitrogens with one attached hydrogen (secondary N) is 1. The van der Waals surface area contributed by atoms with Crippen molar-refractivity contribution in [2.45, 2.75) is 45.6 Å². The standard InChI is InChI=1S/C31H39N3O5S/c1-22-7-10-25(27(19-22)33-13-5-4-6-14-33)31(28-12-8-23(2)39-28)32-30(35)21-24-9-11-26(29(20-24)38-3)34-15-17-40(36,37)18-16-34/h7-12,19-20,31H,4-6,13-18,21H2,1-3H3,(H,32,35). The number of hydrogen-bond donors (Lipinski definition) is 1. The van der Waals surface area contributed by atoms with Crippen molar-refractivity contribution >= 4 is 27.1 Å². The summed E-state index contributed by atoms with van der Waals surface area (Å²) in [5, 5.41) is 3.26. The van der Waals surface area contributed by atoms with Crippen LogP contribution in [0.1, 0.15) is 53.5 Å². The van der Waals surface area contributed by atoms with Crippen LogP contribution < -0.4 is 19.9 Å². The van der Waals surface area contributed by atoms with Crippen molar-refractivity contribution in [3.05, 3.63) is 76.7 Å². The highest BCUT2D eigenvalue weighted by Crippen LogP contribution is 2.35. The molecule has 1 N–H and O–H groups in total. The number of carbonyl (C=O) groups excluding carboxylic acids is 1. The Hall–Kier alpha value is -3.46. The number of piperidine rings is 1. The molecule has 0 radical (unpaired) electrons. The molecule has 2 aliphatic rings. The number of amides is 1. The second kappa shape index (κ2) is 12.0. The largest absolute Gasteiger partial charge is 0.495 e. The highest BCUT2D eigenvalue weighted by molar-refractivity contribution is 7.91. The lowest BCUT2D eigenvalue weighted by Crippen LogP contribution is -2.40. The van der Waals surface area contributed by atoms with Gasteiger partial charge in [0.15, 0.2) is 9.84 Å². The number of carbonyl (C=O) groups is 1. The minimum atomic E-state index is -2.98. The van der Waals surface area contributed by atoms with E-state index < -0.39 is 15.9 Å². The molecule has 5 rings (SSSR count). The molecule has 1 amide bonds. The van der Waals surface area contributed by atoms with E-state index in [2.05, 4.69) is 35.3 Å². The Bertz CT molecular complexity index is 1450. The SMILES string of the molecule is COc1cc(CC(=O)NC(c2ccc(C)o2)c2ccc(C)cc2N2CCCCC2)ccc1N1CCS(=O)(=O)CC1. The summed E-state index contributed by atoms with van der Waals surface area (Å²) in [4.78, 5) is 18.0. The highest BCUT2D eigenvalue weighted by atomic mass is 32.2. The van der Waals surface area contributed by atoms with Crippen LogP contribution in [0.5, 0.6) is 5.75 Å². The maximum atomic E-state index is 13.5. The van der Waals surface area contributed by atoms with Crippen LogP contribution in [0.2, 0.25) is 0 Å². The van der Waals surface area contributed by atoms with E-state index in [9.17, 15) is 13.2 Å². The molecule has 3 heterocycles. The monoisotopic (exact) mass is 565 g/mol. The van der Waals surface area contributed by atoms with Gasteiger partial charge in [0.2, 0.25) is 5.91 Å². The zero-order valence-electron chi connectivity index (χ0n) is 23.6. The van der Waals surface area contributed by atoms with Crippen LogP contribution in [0.25, 0.3) is 0 Å². The summed E-state index contributed by atoms with van der Waals surface area (Å²) in [5.74, 6) is 2.28. The van der Waals surface area contributed by atoms with Crippen molar-refractivity contribution in [2.24, 2.45) is 0 Å². The average molecular weight is 566 g/mol. The van der Waals surface area contributed by atoms with Gasteiger partial charge in [-0.3, -0.25) is 4.79 Å². The fourth-order valence-corrected chi connectivity index (χ4v) is 6.86. The Morgan fingerprint density at radius 2 is 1.65 bits per heavy atom. The molecule has 1 atom stereocenters. The molecule has 1 aromatic heterocycles. The first-order valence-electron chi connectivity index (χ1n) is 14.1. The van der Waals surface area contributed by atoms with Gasteiger partial charge in [0.05, 0.1) is 30.7 Å². The molecule has 2 aromatic carbocycles. The minimum absolute atomic E-state index is 0.122. The van der Waals surface area contributed by atoms with E-state index in [4.69, 9.17) is 9.15 Å². The number of ether oxygens (including phenoxy) is 1. The molecule has 2 saturated heterocycles. The number of anilines is 2. The predicted octanol–water partition coefficient (Wildman–Crippen LogP) is 4.58. The zero-order valence-corrected chi connectivity index (χ0v) is 24.4. The van der Waals surface area contributed by atoms with Gasteiger partial charge in [0, 0.05) is 37.4 Å². The molecule has 8 nitrogen and oxygen atoms in total. The number of furan rings is 1. The summed E-state index contributed by atoms with van der Waals surface area (Å²) >= 11 is 0. The molecular formula is C31H39N3O5S. The molecule has 2 fully saturated rings. The van der Waals surface area contributed by atoms with E-state index in [1.807, 2.05) is 42.2 Å². The van der Waals surface area contributed by atoms with Gasteiger partial charge in [-0.1, -0.05) is 18.2 Å². The van der Waals surface area contributed by atoms with Crippen LogP contribution in [-0.4, -0.2) is 59.1 Å². The van der Waals surface area contributed by atoms with Crippen LogP contribution in [-0.2, 0) is 21.1 Å². The molecule has 3 aromatic rings. The van der Waals surface area contributed by atoms with Crippen LogP contribution >= 0.6 is 0 Å². The normalized spacial score (nSPS) is 17.9. The van der Waals surface area contributed by atoms with Crippen molar-refractivity contribution in [1.29, 1.82) is 0 Å². The van der Waals surface area contributed by atoms with Gasteiger partial charge < -0.3 is 24.3 Å². The lowest BCUT2D eigenvalue weighted by Gasteiger charge is -2.33. The maximum absolute atomic E-state index is 13.5. The number of hydrogen-bond acceptors (Lipinski definition) is 7. The Kier molecular flexibility index (Phi) is 8.40. The molecule has 0 bridgehead atoms. The van der Waals surface area contributed by atoms with Crippen molar-refractivity contribution in [1.82, 2.24) is 5.32 Å². The van der Waals surface area contributed by atoms with Crippen molar-refractivity contribution < 1.29 is 22.4 Å². The molecule has 9 heteroatoms. The van der Waals surface area contributed by atoms with Crippen molar-refractivity contribution in [3.63, 3.8) is 0 Å². The summed E-state index contributed by atoms with van der Waals surface area (Å²) in [6.45, 7) is 6.88. The average Bonchev–Trinajstić information content (AvgIpc) is 3.38. The number of sulfone groups is 1. The number of benzene rings is 2. The molecule has 0 aliphatic carbocycles. The van der Waals surface area contributed by atoms with Gasteiger partial charge in [0.25, 0.3) is 0 Å². The third kappa shape index (κ3) is 6.46. The summed E-state index contributed by atoms with van der Waals surface area (Å²) in [7, 11) is -1.39. The van der Waals surface area contributed by atoms with Gasteiger partial charge in [-0.05, 0) is 74.6 Å². The maximum Gasteiger partial charge on any atom is 0.225 e. The Balaban J connectivity index is 1.38. The van der Waals surface area contributed by atoms with Gasteiger partial charge in [-0.2, -0.15) is 0 Å². The Morgan fingerprint density at radius 1 is 0.925 bits per heavy atom. The molecule has 2 aliphatic heterocycles. The van der Waals surface area contributed by atoms with Gasteiger partial charge in [-0.25, -0.2) is 8.42 Å². The van der Waals surface area contributed by atoms with Crippen LogP contribution in [0.4, 0.5) is 11.4 Å². The minimum Gasteiger partial charge on any atom is -0.495 e. The fraction of sp³-hybridized carbons (Fsp3) is 0.452. The van der Waals surface area contributed by atoms with E-state index in [-0.39, 0.29) is 23.8 Å². The first-order valence-corrected chi connectivity index (χ1v) is 15.9. The third-order valence-corrected chi connectivity index (χ3v) is 9.45. The van der Waals surface area contributed by atoms with E-state index in [0.717, 1.165) is 54.2 Å². The quantitative estimate of drug-likeness (QED) is 0.428. The first kappa shape index (κ1) is 28.1. The predicted molar refractivity (Wildman–Crippen MR) is 158 cm³/mol. The van der Waals surface area contributed by atoms with E-state index >= 15 is 0 Å². The number of methoxy groups -OCH3 is 1. The summed E-state index contributed by atoms with van der Waals surface area (Å²) in [5.41, 5.74) is 5.02. The second-order valence-corrected chi connectivity index (χ2v) is 13.2. The van der Waals surface area contributed by atoms with Gasteiger partial charge >= 0.3 is 0 Å². The summed E-state index contributed by atoms with van der Waals surface area (Å²) in [6, 6.07) is 15.6. The fourth-order valence-electron chi connectivity index (χ4n) is 5.66. The third-order valence-electron chi connectivity index (χ3n) is 7.84. The topological polar surface area (TPSA) is 92.1 Å². The van der Waals surface area contributed by atoms with Crippen molar-refractivity contribution in [2.75, 3.05) is 54.6 Å². The molecule has 1 unspecified atom stereocenters. The molecule has 0 saturated carbocycles.